The van der Waals surface area contributed by atoms with Gasteiger partial charge in [-0.15, -0.1) is 0 Å². The summed E-state index contributed by atoms with van der Waals surface area (Å²) >= 11 is 1.56. The van der Waals surface area contributed by atoms with E-state index in [4.69, 9.17) is 4.74 Å². The summed E-state index contributed by atoms with van der Waals surface area (Å²) in [5.41, 5.74) is 0.847. The number of alkyl carbamates (subject to hydrolysis) is 1. The molecule has 0 saturated heterocycles. The Labute approximate surface area is 145 Å². The molecule has 0 aliphatic heterocycles. The van der Waals surface area contributed by atoms with Crippen LogP contribution in [0.25, 0.3) is 0 Å². The quantitative estimate of drug-likeness (QED) is 0.650. The molecule has 132 valence electrons. The van der Waals surface area contributed by atoms with Crippen molar-refractivity contribution in [1.82, 2.24) is 10.6 Å². The highest BCUT2D eigenvalue weighted by molar-refractivity contribution is 7.98. The SMILES string of the molecule is COC(=O)[C@H](CCSC)NC(=O)CNC(=O)OCc1ccccc1. The van der Waals surface area contributed by atoms with E-state index in [0.29, 0.717) is 12.2 Å². The number of carbonyl (C=O) groups is 3. The van der Waals surface area contributed by atoms with E-state index in [0.717, 1.165) is 5.56 Å². The van der Waals surface area contributed by atoms with Gasteiger partial charge in [0.2, 0.25) is 5.91 Å². The number of methoxy groups -OCH3 is 1. The number of esters is 1. The van der Waals surface area contributed by atoms with E-state index in [1.165, 1.54) is 7.11 Å². The van der Waals surface area contributed by atoms with E-state index in [2.05, 4.69) is 15.4 Å². The molecule has 1 aromatic carbocycles. The number of hydrogen-bond acceptors (Lipinski definition) is 6. The van der Waals surface area contributed by atoms with Gasteiger partial charge >= 0.3 is 12.1 Å². The molecule has 2 amide bonds. The van der Waals surface area contributed by atoms with Crippen molar-refractivity contribution in [3.8, 4) is 0 Å². The van der Waals surface area contributed by atoms with Crippen LogP contribution in [0.4, 0.5) is 4.79 Å². The first-order chi connectivity index (χ1) is 11.6. The van der Waals surface area contributed by atoms with Gasteiger partial charge in [-0.3, -0.25) is 4.79 Å². The molecule has 0 aliphatic carbocycles. The average molecular weight is 354 g/mol. The predicted molar refractivity (Wildman–Crippen MR) is 91.6 cm³/mol. The second-order valence-corrected chi connectivity index (χ2v) is 5.83. The molecule has 0 fully saturated rings. The molecule has 2 N–H and O–H groups in total. The van der Waals surface area contributed by atoms with Gasteiger partial charge in [0.1, 0.15) is 19.2 Å². The Morgan fingerprint density at radius 3 is 2.54 bits per heavy atom. The molecule has 7 nitrogen and oxygen atoms in total. The van der Waals surface area contributed by atoms with Gasteiger partial charge in [-0.1, -0.05) is 30.3 Å². The van der Waals surface area contributed by atoms with Crippen LogP contribution in [0.5, 0.6) is 0 Å². The van der Waals surface area contributed by atoms with E-state index in [1.54, 1.807) is 11.8 Å². The summed E-state index contributed by atoms with van der Waals surface area (Å²) in [6.45, 7) is -0.160. The number of amides is 2. The second-order valence-electron chi connectivity index (χ2n) is 4.84. The lowest BCUT2D eigenvalue weighted by atomic mass is 10.2. The first kappa shape index (κ1) is 19.8. The molecule has 0 unspecified atom stereocenters. The summed E-state index contributed by atoms with van der Waals surface area (Å²) in [6.07, 6.45) is 1.66. The minimum absolute atomic E-state index is 0.118. The zero-order valence-corrected chi connectivity index (χ0v) is 14.6. The number of hydrogen-bond donors (Lipinski definition) is 2. The van der Waals surface area contributed by atoms with E-state index in [1.807, 2.05) is 36.6 Å². The summed E-state index contributed by atoms with van der Waals surface area (Å²) in [6, 6.07) is 8.47. The van der Waals surface area contributed by atoms with E-state index < -0.39 is 24.0 Å². The zero-order chi connectivity index (χ0) is 17.8. The molecule has 1 aromatic rings. The van der Waals surface area contributed by atoms with Crippen molar-refractivity contribution in [2.24, 2.45) is 0 Å². The molecule has 0 spiro atoms. The third kappa shape index (κ3) is 7.87. The fourth-order valence-electron chi connectivity index (χ4n) is 1.80. The third-order valence-corrected chi connectivity index (χ3v) is 3.68. The highest BCUT2D eigenvalue weighted by Gasteiger charge is 2.21. The van der Waals surface area contributed by atoms with Crippen LogP contribution in [-0.2, 0) is 25.7 Å². The summed E-state index contributed by atoms with van der Waals surface area (Å²) in [7, 11) is 1.26. The lowest BCUT2D eigenvalue weighted by Gasteiger charge is -2.16. The van der Waals surface area contributed by atoms with Gasteiger partial charge in [0.25, 0.3) is 0 Å². The van der Waals surface area contributed by atoms with E-state index in [9.17, 15) is 14.4 Å². The highest BCUT2D eigenvalue weighted by Crippen LogP contribution is 2.02. The normalized spacial score (nSPS) is 11.2. The molecule has 24 heavy (non-hydrogen) atoms. The van der Waals surface area contributed by atoms with Gasteiger partial charge in [-0.05, 0) is 24.0 Å². The molecule has 0 saturated carbocycles. The van der Waals surface area contributed by atoms with Gasteiger partial charge < -0.3 is 20.1 Å². The summed E-state index contributed by atoms with van der Waals surface area (Å²) < 4.78 is 9.64. The first-order valence-corrected chi connectivity index (χ1v) is 8.77. The van der Waals surface area contributed by atoms with Crippen LogP contribution in [0.3, 0.4) is 0 Å². The largest absolute Gasteiger partial charge is 0.467 e. The number of benzene rings is 1. The maximum Gasteiger partial charge on any atom is 0.407 e. The highest BCUT2D eigenvalue weighted by atomic mass is 32.2. The fourth-order valence-corrected chi connectivity index (χ4v) is 2.27. The number of carbonyl (C=O) groups excluding carboxylic acids is 3. The number of thioether (sulfide) groups is 1. The lowest BCUT2D eigenvalue weighted by Crippen LogP contribution is -2.46. The van der Waals surface area contributed by atoms with Crippen LogP contribution < -0.4 is 10.6 Å². The number of ether oxygens (including phenoxy) is 2. The van der Waals surface area contributed by atoms with Crippen molar-refractivity contribution in [2.45, 2.75) is 19.1 Å². The maximum absolute atomic E-state index is 11.8. The number of nitrogens with one attached hydrogen (secondary N) is 2. The van der Waals surface area contributed by atoms with Crippen LogP contribution in [-0.4, -0.2) is 49.7 Å². The minimum Gasteiger partial charge on any atom is -0.467 e. The Kier molecular flexibility index (Phi) is 9.36. The van der Waals surface area contributed by atoms with Crippen molar-refractivity contribution in [3.05, 3.63) is 35.9 Å². The maximum atomic E-state index is 11.8. The molecule has 0 bridgehead atoms. The first-order valence-electron chi connectivity index (χ1n) is 7.37. The van der Waals surface area contributed by atoms with Crippen molar-refractivity contribution >= 4 is 29.7 Å². The topological polar surface area (TPSA) is 93.7 Å². The molecule has 0 radical (unpaired) electrons. The monoisotopic (exact) mass is 354 g/mol. The Bertz CT molecular complexity index is 539. The molecular formula is C16H22N2O5S. The van der Waals surface area contributed by atoms with Crippen LogP contribution in [0, 0.1) is 0 Å². The number of rotatable bonds is 9. The van der Waals surface area contributed by atoms with Gasteiger partial charge in [-0.25, -0.2) is 9.59 Å². The Morgan fingerprint density at radius 1 is 1.21 bits per heavy atom. The van der Waals surface area contributed by atoms with Crippen LogP contribution in [0.15, 0.2) is 30.3 Å². The van der Waals surface area contributed by atoms with Crippen molar-refractivity contribution in [2.75, 3.05) is 25.7 Å². The van der Waals surface area contributed by atoms with Crippen molar-refractivity contribution in [1.29, 1.82) is 0 Å². The fraction of sp³-hybridized carbons (Fsp3) is 0.438. The predicted octanol–water partition coefficient (Wildman–Crippen LogP) is 1.32. The van der Waals surface area contributed by atoms with Crippen LogP contribution >= 0.6 is 11.8 Å². The van der Waals surface area contributed by atoms with Gasteiger partial charge in [0, 0.05) is 0 Å². The molecule has 0 heterocycles. The Balaban J connectivity index is 2.32. The van der Waals surface area contributed by atoms with Gasteiger partial charge in [0.05, 0.1) is 7.11 Å². The average Bonchev–Trinajstić information content (AvgIpc) is 2.61. The van der Waals surface area contributed by atoms with Gasteiger partial charge in [0.15, 0.2) is 0 Å². The van der Waals surface area contributed by atoms with Crippen molar-refractivity contribution < 1.29 is 23.9 Å². The summed E-state index contributed by atoms with van der Waals surface area (Å²) in [5, 5.41) is 4.88. The molecule has 1 atom stereocenters. The van der Waals surface area contributed by atoms with Crippen LogP contribution in [0.2, 0.25) is 0 Å². The zero-order valence-electron chi connectivity index (χ0n) is 13.7. The standard InChI is InChI=1S/C16H22N2O5S/c1-22-15(20)13(8-9-24-2)18-14(19)10-17-16(21)23-11-12-6-4-3-5-7-12/h3-7,13H,8-11H2,1-2H3,(H,17,21)(H,18,19)/t13-/m0/s1. The molecule has 0 aliphatic rings. The second kappa shape index (κ2) is 11.3. The van der Waals surface area contributed by atoms with Crippen LogP contribution in [0.1, 0.15) is 12.0 Å². The molecular weight excluding hydrogens is 332 g/mol. The molecule has 0 aromatic heterocycles. The van der Waals surface area contributed by atoms with E-state index >= 15 is 0 Å². The smallest absolute Gasteiger partial charge is 0.407 e. The minimum atomic E-state index is -0.725. The Hall–Kier alpha value is -2.22. The van der Waals surface area contributed by atoms with Gasteiger partial charge in [-0.2, -0.15) is 11.8 Å². The van der Waals surface area contributed by atoms with E-state index in [-0.39, 0.29) is 13.2 Å². The Morgan fingerprint density at radius 2 is 1.92 bits per heavy atom. The lowest BCUT2D eigenvalue weighted by molar-refractivity contribution is -0.145. The molecule has 1 rings (SSSR count). The third-order valence-electron chi connectivity index (χ3n) is 3.04. The van der Waals surface area contributed by atoms with Crippen molar-refractivity contribution in [3.63, 3.8) is 0 Å². The molecule has 8 heteroatoms. The summed E-state index contributed by atoms with van der Waals surface area (Å²) in [4.78, 5) is 35.0. The summed E-state index contributed by atoms with van der Waals surface area (Å²) in [5.74, 6) is -0.292.